The zero-order chi connectivity index (χ0) is 24.3. The number of allylic oxidation sites excluding steroid dienone is 1. The second kappa shape index (κ2) is 13.9. The van der Waals surface area contributed by atoms with Crippen LogP contribution in [0.5, 0.6) is 0 Å². The van der Waals surface area contributed by atoms with Gasteiger partial charge in [-0.25, -0.2) is 0 Å². The lowest BCUT2D eigenvalue weighted by Crippen LogP contribution is -2.21. The van der Waals surface area contributed by atoms with Gasteiger partial charge in [-0.1, -0.05) is 54.6 Å². The molecule has 0 spiro atoms. The van der Waals surface area contributed by atoms with Crippen molar-refractivity contribution in [3.63, 3.8) is 0 Å². The van der Waals surface area contributed by atoms with Crippen LogP contribution in [0.4, 0.5) is 0 Å². The minimum atomic E-state index is -0.595. The SMILES string of the molecule is COC(=O)CSCCCS[C@H]1C(=O)C[C@@H](CO)[C@@H]1C=C[C@H](O)CCc1ccc2ccccc2c1. The number of thioether (sulfide) groups is 2. The van der Waals surface area contributed by atoms with Crippen LogP contribution in [0.15, 0.2) is 54.6 Å². The average Bonchev–Trinajstić information content (AvgIpc) is 3.17. The predicted molar refractivity (Wildman–Crippen MR) is 141 cm³/mol. The van der Waals surface area contributed by atoms with Gasteiger partial charge in [0.1, 0.15) is 5.78 Å². The molecule has 184 valence electrons. The van der Waals surface area contributed by atoms with E-state index in [1.165, 1.54) is 35.2 Å². The minimum absolute atomic E-state index is 0.0278. The largest absolute Gasteiger partial charge is 0.468 e. The molecule has 0 radical (unpaired) electrons. The Morgan fingerprint density at radius 3 is 2.76 bits per heavy atom. The number of ether oxygens (including phenoxy) is 1. The van der Waals surface area contributed by atoms with Crippen molar-refractivity contribution >= 4 is 46.0 Å². The van der Waals surface area contributed by atoms with Crippen LogP contribution >= 0.6 is 23.5 Å². The van der Waals surface area contributed by atoms with Crippen LogP contribution in [0.1, 0.15) is 24.8 Å². The molecular weight excluding hydrogens is 468 g/mol. The predicted octanol–water partition coefficient (Wildman–Crippen LogP) is 4.29. The number of hydrogen-bond donors (Lipinski definition) is 2. The van der Waals surface area contributed by atoms with Crippen LogP contribution in [0, 0.1) is 11.8 Å². The van der Waals surface area contributed by atoms with Crippen LogP contribution in [0.3, 0.4) is 0 Å². The van der Waals surface area contributed by atoms with Crippen LogP contribution in [-0.4, -0.2) is 64.3 Å². The van der Waals surface area contributed by atoms with Gasteiger partial charge in [0.05, 0.1) is 24.2 Å². The fourth-order valence-electron chi connectivity index (χ4n) is 4.27. The fourth-order valence-corrected chi connectivity index (χ4v) is 6.61. The van der Waals surface area contributed by atoms with Gasteiger partial charge in [-0.05, 0) is 53.0 Å². The lowest BCUT2D eigenvalue weighted by Gasteiger charge is -2.19. The molecule has 0 heterocycles. The molecule has 2 aromatic rings. The summed E-state index contributed by atoms with van der Waals surface area (Å²) in [6.07, 6.45) is 5.80. The quantitative estimate of drug-likeness (QED) is 0.240. The maximum absolute atomic E-state index is 12.6. The first-order chi connectivity index (χ1) is 16.5. The van der Waals surface area contributed by atoms with E-state index in [9.17, 15) is 19.8 Å². The molecule has 0 aliphatic heterocycles. The molecule has 4 atom stereocenters. The summed E-state index contributed by atoms with van der Waals surface area (Å²) in [5.41, 5.74) is 1.19. The molecule has 2 aromatic carbocycles. The third kappa shape index (κ3) is 7.87. The zero-order valence-corrected chi connectivity index (χ0v) is 21.2. The number of rotatable bonds is 13. The van der Waals surface area contributed by atoms with E-state index in [-0.39, 0.29) is 35.4 Å². The first-order valence-electron chi connectivity index (χ1n) is 11.8. The standard InChI is InChI=1S/C27H34O5S2/c1-32-26(31)18-33-13-4-14-34-27-24(22(17-28)16-25(27)30)12-11-23(29)10-8-19-7-9-20-5-2-3-6-21(20)15-19/h2-3,5-7,9,11-12,15,22-24,27-29H,4,8,10,13-14,16-18H2,1H3/t22-,23+,24-,27+/m0/s1. The lowest BCUT2D eigenvalue weighted by atomic mass is 9.95. The number of methoxy groups -OCH3 is 1. The number of aryl methyl sites for hydroxylation is 1. The Kier molecular flexibility index (Phi) is 11.0. The Bertz CT molecular complexity index is 976. The van der Waals surface area contributed by atoms with Crippen molar-refractivity contribution in [3.8, 4) is 0 Å². The number of fused-ring (bicyclic) bond motifs is 1. The van der Waals surface area contributed by atoms with Gasteiger partial charge in [0.2, 0.25) is 0 Å². The molecule has 0 amide bonds. The molecular formula is C27H34O5S2. The Hall–Kier alpha value is -1.80. The van der Waals surface area contributed by atoms with E-state index in [0.717, 1.165) is 24.3 Å². The molecule has 5 nitrogen and oxygen atoms in total. The van der Waals surface area contributed by atoms with Crippen LogP contribution in [0.2, 0.25) is 0 Å². The molecule has 0 aromatic heterocycles. The van der Waals surface area contributed by atoms with E-state index >= 15 is 0 Å². The number of benzene rings is 2. The first-order valence-corrected chi connectivity index (χ1v) is 14.0. The summed E-state index contributed by atoms with van der Waals surface area (Å²) in [5.74, 6) is 1.78. The van der Waals surface area contributed by atoms with Crippen LogP contribution < -0.4 is 0 Å². The first kappa shape index (κ1) is 26.8. The number of hydrogen-bond acceptors (Lipinski definition) is 7. The highest BCUT2D eigenvalue weighted by Gasteiger charge is 2.40. The molecule has 7 heteroatoms. The van der Waals surface area contributed by atoms with Crippen molar-refractivity contribution in [3.05, 3.63) is 60.2 Å². The van der Waals surface area contributed by atoms with Crippen molar-refractivity contribution in [2.45, 2.75) is 37.0 Å². The Balaban J connectivity index is 1.48. The average molecular weight is 503 g/mol. The summed E-state index contributed by atoms with van der Waals surface area (Å²) in [7, 11) is 1.38. The van der Waals surface area contributed by atoms with Gasteiger partial charge < -0.3 is 14.9 Å². The van der Waals surface area contributed by atoms with Gasteiger partial charge in [0.25, 0.3) is 0 Å². The number of carbonyl (C=O) groups is 2. The number of Topliss-reactive ketones (excluding diaryl/α,β-unsaturated/α-hetero) is 1. The second-order valence-corrected chi connectivity index (χ2v) is 11.0. The van der Waals surface area contributed by atoms with Crippen molar-refractivity contribution in [2.75, 3.05) is 31.0 Å². The molecule has 1 aliphatic rings. The van der Waals surface area contributed by atoms with Gasteiger partial charge in [0, 0.05) is 18.9 Å². The summed E-state index contributed by atoms with van der Waals surface area (Å²) < 4.78 is 4.63. The molecule has 0 unspecified atom stereocenters. The number of esters is 1. The number of ketones is 1. The summed E-state index contributed by atoms with van der Waals surface area (Å²) in [6.45, 7) is -0.0278. The Morgan fingerprint density at radius 2 is 2.00 bits per heavy atom. The second-order valence-electron chi connectivity index (χ2n) is 8.64. The summed E-state index contributed by atoms with van der Waals surface area (Å²) in [5, 5.41) is 22.6. The van der Waals surface area contributed by atoms with E-state index in [4.69, 9.17) is 0 Å². The fraction of sp³-hybridized carbons (Fsp3) is 0.481. The molecule has 3 rings (SSSR count). The lowest BCUT2D eigenvalue weighted by molar-refractivity contribution is -0.137. The molecule has 0 bridgehead atoms. The van der Waals surface area contributed by atoms with E-state index in [2.05, 4.69) is 35.1 Å². The van der Waals surface area contributed by atoms with E-state index < -0.39 is 6.10 Å². The van der Waals surface area contributed by atoms with Gasteiger partial charge >= 0.3 is 5.97 Å². The summed E-state index contributed by atoms with van der Waals surface area (Å²) in [6, 6.07) is 14.6. The smallest absolute Gasteiger partial charge is 0.315 e. The highest BCUT2D eigenvalue weighted by atomic mass is 32.2. The molecule has 1 saturated carbocycles. The Labute approximate surface area is 210 Å². The zero-order valence-electron chi connectivity index (χ0n) is 19.6. The number of carbonyl (C=O) groups excluding carboxylic acids is 2. The number of aliphatic hydroxyl groups is 2. The van der Waals surface area contributed by atoms with Crippen molar-refractivity contribution in [2.24, 2.45) is 11.8 Å². The number of aliphatic hydroxyl groups excluding tert-OH is 2. The monoisotopic (exact) mass is 502 g/mol. The van der Waals surface area contributed by atoms with Crippen molar-refractivity contribution in [1.29, 1.82) is 0 Å². The highest BCUT2D eigenvalue weighted by Crippen LogP contribution is 2.38. The van der Waals surface area contributed by atoms with Gasteiger partial charge in [-0.3, -0.25) is 9.59 Å². The van der Waals surface area contributed by atoms with Crippen molar-refractivity contribution < 1.29 is 24.5 Å². The maximum atomic E-state index is 12.6. The Morgan fingerprint density at radius 1 is 1.21 bits per heavy atom. The van der Waals surface area contributed by atoms with Gasteiger partial charge in [-0.2, -0.15) is 11.8 Å². The third-order valence-corrected chi connectivity index (χ3v) is 8.66. The third-order valence-electron chi connectivity index (χ3n) is 6.19. The van der Waals surface area contributed by atoms with Gasteiger partial charge in [-0.15, -0.1) is 11.8 Å². The van der Waals surface area contributed by atoms with Crippen LogP contribution in [0.25, 0.3) is 10.8 Å². The van der Waals surface area contributed by atoms with Gasteiger partial charge in [0.15, 0.2) is 0 Å². The van der Waals surface area contributed by atoms with Crippen LogP contribution in [-0.2, 0) is 20.7 Å². The van der Waals surface area contributed by atoms with Crippen molar-refractivity contribution in [1.82, 2.24) is 0 Å². The molecule has 2 N–H and O–H groups in total. The highest BCUT2D eigenvalue weighted by molar-refractivity contribution is 8.01. The molecule has 1 fully saturated rings. The summed E-state index contributed by atoms with van der Waals surface area (Å²) >= 11 is 3.16. The molecule has 0 saturated heterocycles. The van der Waals surface area contributed by atoms with E-state index in [0.29, 0.717) is 18.6 Å². The normalized spacial score (nSPS) is 21.4. The van der Waals surface area contributed by atoms with E-state index in [1.54, 1.807) is 17.8 Å². The van der Waals surface area contributed by atoms with E-state index in [1.807, 2.05) is 18.2 Å². The summed E-state index contributed by atoms with van der Waals surface area (Å²) in [4.78, 5) is 23.7. The molecule has 1 aliphatic carbocycles. The minimum Gasteiger partial charge on any atom is -0.468 e. The topological polar surface area (TPSA) is 83.8 Å². The molecule has 34 heavy (non-hydrogen) atoms. The maximum Gasteiger partial charge on any atom is 0.315 e.